The van der Waals surface area contributed by atoms with Gasteiger partial charge in [0.25, 0.3) is 0 Å². The molecular formula is C18H24O3. The van der Waals surface area contributed by atoms with Crippen LogP contribution in [0, 0.1) is 0 Å². The molecule has 2 aliphatic rings. The highest BCUT2D eigenvalue weighted by atomic mass is 16.5. The van der Waals surface area contributed by atoms with Crippen LogP contribution in [-0.4, -0.2) is 19.0 Å². The van der Waals surface area contributed by atoms with E-state index >= 15 is 0 Å². The highest BCUT2D eigenvalue weighted by molar-refractivity contribution is 5.79. The van der Waals surface area contributed by atoms with Crippen LogP contribution >= 0.6 is 0 Å². The van der Waals surface area contributed by atoms with Crippen molar-refractivity contribution in [2.75, 3.05) is 7.11 Å². The van der Waals surface area contributed by atoms with Crippen molar-refractivity contribution in [1.29, 1.82) is 0 Å². The molecule has 0 N–H and O–H groups in total. The number of hydrogen-bond acceptors (Lipinski definition) is 3. The Kier molecular flexibility index (Phi) is 4.47. The van der Waals surface area contributed by atoms with E-state index < -0.39 is 0 Å². The van der Waals surface area contributed by atoms with Gasteiger partial charge in [0, 0.05) is 12.8 Å². The molecule has 0 aromatic heterocycles. The van der Waals surface area contributed by atoms with Gasteiger partial charge < -0.3 is 9.47 Å². The summed E-state index contributed by atoms with van der Waals surface area (Å²) in [5, 5.41) is 0. The van der Waals surface area contributed by atoms with Gasteiger partial charge in [-0.15, -0.1) is 0 Å². The minimum atomic E-state index is 0.335. The van der Waals surface area contributed by atoms with Gasteiger partial charge in [0.1, 0.15) is 5.78 Å². The highest BCUT2D eigenvalue weighted by Gasteiger charge is 2.23. The summed E-state index contributed by atoms with van der Waals surface area (Å²) in [7, 11) is 1.69. The van der Waals surface area contributed by atoms with E-state index in [1.807, 2.05) is 6.07 Å². The van der Waals surface area contributed by atoms with Crippen LogP contribution in [-0.2, 0) is 4.79 Å². The Hall–Kier alpha value is -1.51. The molecule has 21 heavy (non-hydrogen) atoms. The van der Waals surface area contributed by atoms with Crippen LogP contribution in [0.1, 0.15) is 62.8 Å². The van der Waals surface area contributed by atoms with Gasteiger partial charge in [0.15, 0.2) is 11.5 Å². The lowest BCUT2D eigenvalue weighted by atomic mass is 9.83. The van der Waals surface area contributed by atoms with Crippen LogP contribution in [0.5, 0.6) is 11.5 Å². The number of methoxy groups -OCH3 is 1. The maximum absolute atomic E-state index is 11.4. The predicted molar refractivity (Wildman–Crippen MR) is 82.1 cm³/mol. The third-order valence-electron chi connectivity index (χ3n) is 4.80. The molecule has 0 spiro atoms. The first-order valence-electron chi connectivity index (χ1n) is 8.12. The molecule has 2 saturated carbocycles. The number of carbonyl (C=O) groups is 1. The Morgan fingerprint density at radius 3 is 2.38 bits per heavy atom. The van der Waals surface area contributed by atoms with Crippen LogP contribution in [0.3, 0.4) is 0 Å². The average molecular weight is 288 g/mol. The van der Waals surface area contributed by atoms with Gasteiger partial charge in [0.2, 0.25) is 0 Å². The summed E-state index contributed by atoms with van der Waals surface area (Å²) in [6, 6.07) is 6.27. The average Bonchev–Trinajstić information content (AvgIpc) is 3.01. The van der Waals surface area contributed by atoms with Gasteiger partial charge >= 0.3 is 0 Å². The van der Waals surface area contributed by atoms with Gasteiger partial charge in [-0.25, -0.2) is 0 Å². The first-order chi connectivity index (χ1) is 10.3. The molecule has 2 aliphatic carbocycles. The lowest BCUT2D eigenvalue weighted by Gasteiger charge is -2.23. The smallest absolute Gasteiger partial charge is 0.161 e. The Morgan fingerprint density at radius 1 is 1.00 bits per heavy atom. The number of ketones is 1. The molecule has 0 atom stereocenters. The minimum Gasteiger partial charge on any atom is -0.493 e. The standard InChI is InChI=1S/C18H24O3/c1-20-17-11-8-14(13-6-9-15(19)10-7-13)12-18(17)21-16-4-2-3-5-16/h8,11-13,16H,2-7,9-10H2,1H3. The molecule has 0 bridgehead atoms. The lowest BCUT2D eigenvalue weighted by Crippen LogP contribution is -2.14. The van der Waals surface area contributed by atoms with Gasteiger partial charge in [0.05, 0.1) is 13.2 Å². The summed E-state index contributed by atoms with van der Waals surface area (Å²) in [5.74, 6) is 2.58. The first kappa shape index (κ1) is 14.4. The molecular weight excluding hydrogens is 264 g/mol. The molecule has 0 heterocycles. The largest absolute Gasteiger partial charge is 0.493 e. The molecule has 1 aromatic rings. The normalized spacial score (nSPS) is 20.7. The fourth-order valence-corrected chi connectivity index (χ4v) is 3.50. The van der Waals surface area contributed by atoms with E-state index in [0.717, 1.165) is 50.0 Å². The van der Waals surface area contributed by atoms with Crippen molar-refractivity contribution < 1.29 is 14.3 Å². The molecule has 3 rings (SSSR count). The third kappa shape index (κ3) is 3.39. The first-order valence-corrected chi connectivity index (χ1v) is 8.12. The van der Waals surface area contributed by atoms with Crippen molar-refractivity contribution in [3.05, 3.63) is 23.8 Å². The molecule has 3 nitrogen and oxygen atoms in total. The lowest BCUT2D eigenvalue weighted by molar-refractivity contribution is -0.120. The summed E-state index contributed by atoms with van der Waals surface area (Å²) < 4.78 is 11.6. The van der Waals surface area contributed by atoms with Gasteiger partial charge in [-0.1, -0.05) is 6.07 Å². The number of carbonyl (C=O) groups excluding carboxylic acids is 1. The maximum Gasteiger partial charge on any atom is 0.161 e. The third-order valence-corrected chi connectivity index (χ3v) is 4.80. The number of Topliss-reactive ketones (excluding diaryl/α,β-unsaturated/α-hetero) is 1. The van der Waals surface area contributed by atoms with Crippen molar-refractivity contribution in [2.45, 2.75) is 63.4 Å². The fourth-order valence-electron chi connectivity index (χ4n) is 3.50. The Morgan fingerprint density at radius 2 is 1.71 bits per heavy atom. The molecule has 3 heteroatoms. The second-order valence-electron chi connectivity index (χ2n) is 6.25. The van der Waals surface area contributed by atoms with Crippen LogP contribution in [0.25, 0.3) is 0 Å². The number of ether oxygens (including phenoxy) is 2. The number of rotatable bonds is 4. The Bertz CT molecular complexity index is 493. The van der Waals surface area contributed by atoms with Crippen molar-refractivity contribution in [3.63, 3.8) is 0 Å². The monoisotopic (exact) mass is 288 g/mol. The van der Waals surface area contributed by atoms with Crippen LogP contribution in [0.15, 0.2) is 18.2 Å². The van der Waals surface area contributed by atoms with Crippen molar-refractivity contribution in [3.8, 4) is 11.5 Å². The molecule has 1 aromatic carbocycles. The van der Waals surface area contributed by atoms with E-state index in [4.69, 9.17) is 9.47 Å². The zero-order valence-electron chi connectivity index (χ0n) is 12.8. The van der Waals surface area contributed by atoms with Crippen LogP contribution < -0.4 is 9.47 Å². The molecule has 0 aliphatic heterocycles. The van der Waals surface area contributed by atoms with Crippen LogP contribution in [0.4, 0.5) is 0 Å². The number of hydrogen-bond donors (Lipinski definition) is 0. The Balaban J connectivity index is 1.77. The van der Waals surface area contributed by atoms with Crippen molar-refractivity contribution in [1.82, 2.24) is 0 Å². The Labute approximate surface area is 126 Å². The summed E-state index contributed by atoms with van der Waals surface area (Å²) in [4.78, 5) is 11.4. The minimum absolute atomic E-state index is 0.335. The molecule has 0 amide bonds. The topological polar surface area (TPSA) is 35.5 Å². The highest BCUT2D eigenvalue weighted by Crippen LogP contribution is 2.38. The maximum atomic E-state index is 11.4. The van der Waals surface area contributed by atoms with Crippen LogP contribution in [0.2, 0.25) is 0 Å². The van der Waals surface area contributed by atoms with Gasteiger partial charge in [-0.05, 0) is 62.1 Å². The molecule has 0 unspecified atom stereocenters. The molecule has 2 fully saturated rings. The predicted octanol–water partition coefficient (Wildman–Crippen LogP) is 4.24. The van der Waals surface area contributed by atoms with Gasteiger partial charge in [-0.3, -0.25) is 4.79 Å². The SMILES string of the molecule is COc1ccc(C2CCC(=O)CC2)cc1OC1CCCC1. The van der Waals surface area contributed by atoms with E-state index in [-0.39, 0.29) is 0 Å². The summed E-state index contributed by atoms with van der Waals surface area (Å²) in [5.41, 5.74) is 1.29. The molecule has 0 saturated heterocycles. The summed E-state index contributed by atoms with van der Waals surface area (Å²) >= 11 is 0. The summed E-state index contributed by atoms with van der Waals surface area (Å²) in [6.07, 6.45) is 8.51. The molecule has 0 radical (unpaired) electrons. The van der Waals surface area contributed by atoms with E-state index in [1.165, 1.54) is 18.4 Å². The second-order valence-corrected chi connectivity index (χ2v) is 6.25. The van der Waals surface area contributed by atoms with E-state index in [2.05, 4.69) is 12.1 Å². The zero-order valence-corrected chi connectivity index (χ0v) is 12.8. The van der Waals surface area contributed by atoms with Crippen molar-refractivity contribution in [2.24, 2.45) is 0 Å². The number of benzene rings is 1. The summed E-state index contributed by atoms with van der Waals surface area (Å²) in [6.45, 7) is 0. The van der Waals surface area contributed by atoms with E-state index in [9.17, 15) is 4.79 Å². The fraction of sp³-hybridized carbons (Fsp3) is 0.611. The second kappa shape index (κ2) is 6.50. The van der Waals surface area contributed by atoms with E-state index in [1.54, 1.807) is 7.11 Å². The zero-order chi connectivity index (χ0) is 14.7. The van der Waals surface area contributed by atoms with E-state index in [0.29, 0.717) is 17.8 Å². The van der Waals surface area contributed by atoms with Gasteiger partial charge in [-0.2, -0.15) is 0 Å². The van der Waals surface area contributed by atoms with Crippen molar-refractivity contribution >= 4 is 5.78 Å². The quantitative estimate of drug-likeness (QED) is 0.831. The molecule has 114 valence electrons.